The maximum atomic E-state index is 12.0. The zero-order valence-corrected chi connectivity index (χ0v) is 11.1. The van der Waals surface area contributed by atoms with Gasteiger partial charge in [-0.05, 0) is 6.07 Å². The molecule has 1 aliphatic rings. The molecule has 1 atom stereocenters. The van der Waals surface area contributed by atoms with Gasteiger partial charge >= 0.3 is 0 Å². The predicted molar refractivity (Wildman–Crippen MR) is 68.9 cm³/mol. The van der Waals surface area contributed by atoms with E-state index in [0.717, 1.165) is 13.1 Å². The zero-order chi connectivity index (χ0) is 13.7. The molecule has 2 rings (SSSR count). The molecule has 0 radical (unpaired) electrons. The van der Waals surface area contributed by atoms with Crippen LogP contribution in [0.1, 0.15) is 10.4 Å². The van der Waals surface area contributed by atoms with Crippen molar-refractivity contribution in [2.75, 3.05) is 46.4 Å². The van der Waals surface area contributed by atoms with Gasteiger partial charge in [0.05, 0.1) is 31.1 Å². The van der Waals surface area contributed by atoms with Gasteiger partial charge in [0.15, 0.2) is 0 Å². The Hall–Kier alpha value is -1.37. The van der Waals surface area contributed by atoms with Crippen molar-refractivity contribution in [3.8, 4) is 0 Å². The van der Waals surface area contributed by atoms with Crippen LogP contribution in [0, 0.1) is 0 Å². The molecule has 1 aliphatic heterocycles. The molecule has 1 aromatic rings. The molecule has 1 N–H and O–H groups in total. The first-order valence-corrected chi connectivity index (χ1v) is 6.42. The molecule has 0 saturated carbocycles. The average Bonchev–Trinajstić information content (AvgIpc) is 2.92. The number of likely N-dealkylation sites (N-methyl/N-ethyl adjacent to an activating group) is 1. The summed E-state index contributed by atoms with van der Waals surface area (Å²) in [6, 6.07) is 1.62. The van der Waals surface area contributed by atoms with Crippen molar-refractivity contribution in [1.29, 1.82) is 0 Å². The van der Waals surface area contributed by atoms with Crippen LogP contribution in [-0.4, -0.2) is 73.4 Å². The van der Waals surface area contributed by atoms with Gasteiger partial charge in [-0.2, -0.15) is 0 Å². The van der Waals surface area contributed by atoms with Gasteiger partial charge in [0.2, 0.25) is 0 Å². The highest BCUT2D eigenvalue weighted by molar-refractivity contribution is 5.93. The summed E-state index contributed by atoms with van der Waals surface area (Å²) in [7, 11) is 1.68. The Kier molecular flexibility index (Phi) is 4.95. The highest BCUT2D eigenvalue weighted by Crippen LogP contribution is 2.06. The van der Waals surface area contributed by atoms with E-state index in [2.05, 4.69) is 4.90 Å². The van der Waals surface area contributed by atoms with E-state index in [1.165, 1.54) is 17.4 Å². The summed E-state index contributed by atoms with van der Waals surface area (Å²) in [5.41, 5.74) is 0.501. The molecule has 0 bridgehead atoms. The van der Waals surface area contributed by atoms with E-state index in [1.807, 2.05) is 0 Å². The van der Waals surface area contributed by atoms with Crippen LogP contribution >= 0.6 is 0 Å². The van der Waals surface area contributed by atoms with Crippen molar-refractivity contribution in [3.63, 3.8) is 0 Å². The number of ether oxygens (including phenoxy) is 1. The lowest BCUT2D eigenvalue weighted by atomic mass is 10.2. The van der Waals surface area contributed by atoms with Gasteiger partial charge < -0.3 is 19.2 Å². The minimum Gasteiger partial charge on any atom is -0.472 e. The molecule has 19 heavy (non-hydrogen) atoms. The van der Waals surface area contributed by atoms with E-state index in [-0.39, 0.29) is 5.91 Å². The maximum Gasteiger partial charge on any atom is 0.256 e. The quantitative estimate of drug-likeness (QED) is 0.817. The topological polar surface area (TPSA) is 66.2 Å². The maximum absolute atomic E-state index is 12.0. The molecule has 106 valence electrons. The minimum absolute atomic E-state index is 0.144. The second-order valence-corrected chi connectivity index (χ2v) is 4.76. The van der Waals surface area contributed by atoms with Crippen LogP contribution in [0.4, 0.5) is 0 Å². The van der Waals surface area contributed by atoms with Crippen LogP contribution in [0.2, 0.25) is 0 Å². The number of carbonyl (C=O) groups excluding carboxylic acids is 1. The molecule has 2 heterocycles. The van der Waals surface area contributed by atoms with Gasteiger partial charge in [-0.1, -0.05) is 0 Å². The Labute approximate surface area is 112 Å². The number of nitrogens with zero attached hydrogens (tertiary/aromatic N) is 2. The fourth-order valence-electron chi connectivity index (χ4n) is 2.15. The summed E-state index contributed by atoms with van der Waals surface area (Å²) >= 11 is 0. The van der Waals surface area contributed by atoms with Crippen molar-refractivity contribution in [2.24, 2.45) is 0 Å². The number of β-amino-alcohol motifs (C(OH)–C–C–N with tert-alkyl or cyclic N) is 1. The first-order valence-electron chi connectivity index (χ1n) is 6.42. The van der Waals surface area contributed by atoms with Gasteiger partial charge in [0.1, 0.15) is 6.26 Å². The van der Waals surface area contributed by atoms with Crippen LogP contribution in [-0.2, 0) is 4.74 Å². The van der Waals surface area contributed by atoms with E-state index >= 15 is 0 Å². The smallest absolute Gasteiger partial charge is 0.256 e. The number of morpholine rings is 1. The normalized spacial score (nSPS) is 18.2. The molecule has 1 aromatic heterocycles. The number of aliphatic hydroxyl groups is 1. The number of carbonyl (C=O) groups is 1. The number of hydrogen-bond donors (Lipinski definition) is 1. The molecule has 0 aromatic carbocycles. The van der Waals surface area contributed by atoms with Crippen LogP contribution in [0.3, 0.4) is 0 Å². The van der Waals surface area contributed by atoms with E-state index in [4.69, 9.17) is 9.15 Å². The van der Waals surface area contributed by atoms with Gasteiger partial charge in [-0.25, -0.2) is 0 Å². The Morgan fingerprint density at radius 2 is 2.26 bits per heavy atom. The number of aliphatic hydroxyl groups excluding tert-OH is 1. The van der Waals surface area contributed by atoms with Crippen molar-refractivity contribution in [2.45, 2.75) is 6.10 Å². The Balaban J connectivity index is 1.77. The Bertz CT molecular complexity index is 387. The molecule has 0 spiro atoms. The molecule has 6 nitrogen and oxygen atoms in total. The summed E-state index contributed by atoms with van der Waals surface area (Å²) in [4.78, 5) is 15.6. The van der Waals surface area contributed by atoms with Crippen LogP contribution in [0.5, 0.6) is 0 Å². The molecule has 0 aliphatic carbocycles. The van der Waals surface area contributed by atoms with Crippen LogP contribution < -0.4 is 0 Å². The second kappa shape index (κ2) is 6.70. The molecule has 1 saturated heterocycles. The Morgan fingerprint density at radius 3 is 2.89 bits per heavy atom. The van der Waals surface area contributed by atoms with E-state index in [0.29, 0.717) is 31.9 Å². The van der Waals surface area contributed by atoms with E-state index < -0.39 is 6.10 Å². The highest BCUT2D eigenvalue weighted by atomic mass is 16.5. The van der Waals surface area contributed by atoms with E-state index in [9.17, 15) is 9.90 Å². The average molecular weight is 268 g/mol. The van der Waals surface area contributed by atoms with E-state index in [1.54, 1.807) is 13.1 Å². The van der Waals surface area contributed by atoms with Gasteiger partial charge in [0.25, 0.3) is 5.91 Å². The summed E-state index contributed by atoms with van der Waals surface area (Å²) in [6.07, 6.45) is 2.32. The Morgan fingerprint density at radius 1 is 1.53 bits per heavy atom. The molecule has 1 amide bonds. The van der Waals surface area contributed by atoms with Crippen LogP contribution in [0.25, 0.3) is 0 Å². The number of rotatable bonds is 5. The molecule has 1 fully saturated rings. The first kappa shape index (κ1) is 14.0. The molecular formula is C13H20N2O4. The third kappa shape index (κ3) is 4.05. The summed E-state index contributed by atoms with van der Waals surface area (Å²) < 4.78 is 10.1. The second-order valence-electron chi connectivity index (χ2n) is 4.76. The standard InChI is InChI=1S/C13H20N2O4/c1-14(13(17)11-2-5-19-10-11)8-12(16)9-15-3-6-18-7-4-15/h2,5,10,12,16H,3-4,6-9H2,1H3. The lowest BCUT2D eigenvalue weighted by Crippen LogP contribution is -2.45. The minimum atomic E-state index is -0.557. The number of amides is 1. The summed E-state index contributed by atoms with van der Waals surface area (Å²) in [6.45, 7) is 3.94. The van der Waals surface area contributed by atoms with Gasteiger partial charge in [-0.15, -0.1) is 0 Å². The lowest BCUT2D eigenvalue weighted by Gasteiger charge is -2.30. The lowest BCUT2D eigenvalue weighted by molar-refractivity contribution is 0.00878. The van der Waals surface area contributed by atoms with Crippen molar-refractivity contribution >= 4 is 5.91 Å². The third-order valence-corrected chi connectivity index (χ3v) is 3.17. The molecule has 1 unspecified atom stereocenters. The molecular weight excluding hydrogens is 248 g/mol. The fourth-order valence-corrected chi connectivity index (χ4v) is 2.15. The highest BCUT2D eigenvalue weighted by Gasteiger charge is 2.19. The third-order valence-electron chi connectivity index (χ3n) is 3.17. The molecule has 6 heteroatoms. The number of hydrogen-bond acceptors (Lipinski definition) is 5. The van der Waals surface area contributed by atoms with Crippen molar-refractivity contribution in [1.82, 2.24) is 9.80 Å². The zero-order valence-electron chi connectivity index (χ0n) is 11.1. The monoisotopic (exact) mass is 268 g/mol. The number of furan rings is 1. The van der Waals surface area contributed by atoms with Crippen molar-refractivity contribution in [3.05, 3.63) is 24.2 Å². The largest absolute Gasteiger partial charge is 0.472 e. The SMILES string of the molecule is CN(CC(O)CN1CCOCC1)C(=O)c1ccoc1. The van der Waals surface area contributed by atoms with Gasteiger partial charge in [0, 0.05) is 33.2 Å². The predicted octanol–water partition coefficient (Wildman–Crippen LogP) is 0.0447. The van der Waals surface area contributed by atoms with Gasteiger partial charge in [-0.3, -0.25) is 9.69 Å². The summed E-state index contributed by atoms with van der Waals surface area (Å²) in [5.74, 6) is -0.144. The fraction of sp³-hybridized carbons (Fsp3) is 0.615. The van der Waals surface area contributed by atoms with Crippen LogP contribution in [0.15, 0.2) is 23.0 Å². The summed E-state index contributed by atoms with van der Waals surface area (Å²) in [5, 5.41) is 10.0. The first-order chi connectivity index (χ1) is 9.16. The van der Waals surface area contributed by atoms with Crippen molar-refractivity contribution < 1.29 is 19.1 Å².